The van der Waals surface area contributed by atoms with Gasteiger partial charge in [0.1, 0.15) is 5.78 Å². The second-order valence-corrected chi connectivity index (χ2v) is 8.25. The van der Waals surface area contributed by atoms with Crippen molar-refractivity contribution in [2.45, 2.75) is 44.4 Å². The van der Waals surface area contributed by atoms with Crippen molar-refractivity contribution in [3.8, 4) is 0 Å². The van der Waals surface area contributed by atoms with Gasteiger partial charge in [-0.05, 0) is 74.6 Å². The van der Waals surface area contributed by atoms with Gasteiger partial charge >= 0.3 is 0 Å². The molecule has 0 radical (unpaired) electrons. The maximum Gasteiger partial charge on any atom is 0.159 e. The Morgan fingerprint density at radius 1 is 1.11 bits per heavy atom. The summed E-state index contributed by atoms with van der Waals surface area (Å²) in [5, 5.41) is 5.74. The van der Waals surface area contributed by atoms with E-state index in [1.165, 1.54) is 23.8 Å². The van der Waals surface area contributed by atoms with Gasteiger partial charge in [-0.1, -0.05) is 0 Å². The number of pyridine rings is 2. The predicted octanol–water partition coefficient (Wildman–Crippen LogP) is 3.95. The summed E-state index contributed by atoms with van der Waals surface area (Å²) in [6.07, 6.45) is 12.6. The summed E-state index contributed by atoms with van der Waals surface area (Å²) in [5.74, 6) is 1.98. The summed E-state index contributed by atoms with van der Waals surface area (Å²) < 4.78 is 0. The van der Waals surface area contributed by atoms with Crippen LogP contribution in [0.25, 0.3) is 21.9 Å². The highest BCUT2D eigenvalue weighted by atomic mass is 16.1. The standard InChI is InChI=1S/C22H26N4O/c27-20(13-23-11-14-1-2-14)16-5-3-15(4-6-16)17-7-9-24-19-12-26-22-18(21(17)19)8-10-25-22/h7-10,12,14-16,23-24H,1-6,11,13H2. The molecule has 0 bridgehead atoms. The number of carbonyl (C=O) groups excluding carboxylic acids is 1. The van der Waals surface area contributed by atoms with E-state index in [1.54, 1.807) is 0 Å². The molecule has 0 aliphatic heterocycles. The lowest BCUT2D eigenvalue weighted by Gasteiger charge is -2.29. The third-order valence-electron chi connectivity index (χ3n) is 6.38. The molecule has 2 saturated carbocycles. The van der Waals surface area contributed by atoms with Crippen LogP contribution in [0.4, 0.5) is 0 Å². The molecule has 0 spiro atoms. The Bertz CT molecular complexity index is 967. The maximum atomic E-state index is 12.5. The van der Waals surface area contributed by atoms with E-state index >= 15 is 0 Å². The number of hydrogen-bond donors (Lipinski definition) is 2. The van der Waals surface area contributed by atoms with Gasteiger partial charge in [-0.3, -0.25) is 4.79 Å². The molecule has 5 heteroatoms. The van der Waals surface area contributed by atoms with E-state index < -0.39 is 0 Å². The van der Waals surface area contributed by atoms with Gasteiger partial charge in [0.05, 0.1) is 18.3 Å². The van der Waals surface area contributed by atoms with Crippen LogP contribution in [0.15, 0.2) is 30.7 Å². The number of fused-ring (bicyclic) bond motifs is 3. The molecule has 0 amide bonds. The van der Waals surface area contributed by atoms with Gasteiger partial charge in [0, 0.05) is 29.1 Å². The average molecular weight is 362 g/mol. The van der Waals surface area contributed by atoms with E-state index in [2.05, 4.69) is 32.4 Å². The fourth-order valence-electron chi connectivity index (χ4n) is 4.62. The molecule has 2 aliphatic carbocycles. The molecule has 3 aromatic rings. The number of hydrogen-bond acceptors (Lipinski definition) is 4. The van der Waals surface area contributed by atoms with Crippen LogP contribution in [0.3, 0.4) is 0 Å². The molecule has 140 valence electrons. The lowest BCUT2D eigenvalue weighted by Crippen LogP contribution is -2.31. The Labute approximate surface area is 159 Å². The number of nitrogens with one attached hydrogen (secondary N) is 2. The highest BCUT2D eigenvalue weighted by Gasteiger charge is 2.28. The first kappa shape index (κ1) is 16.9. The largest absolute Gasteiger partial charge is 0.360 e. The number of Topliss-reactive ketones (excluding diaryl/α,β-unsaturated/α-hetero) is 1. The number of H-pyrrole nitrogens is 1. The van der Waals surface area contributed by atoms with Crippen LogP contribution >= 0.6 is 0 Å². The zero-order valence-corrected chi connectivity index (χ0v) is 15.6. The second-order valence-electron chi connectivity index (χ2n) is 8.25. The third-order valence-corrected chi connectivity index (χ3v) is 6.38. The van der Waals surface area contributed by atoms with E-state index in [4.69, 9.17) is 0 Å². The van der Waals surface area contributed by atoms with Crippen molar-refractivity contribution < 1.29 is 4.79 Å². The van der Waals surface area contributed by atoms with Crippen molar-refractivity contribution in [2.75, 3.05) is 13.1 Å². The number of carbonyl (C=O) groups is 1. The van der Waals surface area contributed by atoms with E-state index in [0.717, 1.165) is 54.7 Å². The fraction of sp³-hybridized carbons (Fsp3) is 0.500. The number of aromatic amines is 1. The van der Waals surface area contributed by atoms with Crippen LogP contribution in [-0.2, 0) is 4.79 Å². The van der Waals surface area contributed by atoms with Crippen LogP contribution in [-0.4, -0.2) is 33.8 Å². The van der Waals surface area contributed by atoms with Crippen LogP contribution < -0.4 is 5.32 Å². The molecular weight excluding hydrogens is 336 g/mol. The van der Waals surface area contributed by atoms with Gasteiger partial charge in [0.15, 0.2) is 5.65 Å². The molecule has 0 atom stereocenters. The molecule has 0 aromatic carbocycles. The number of aromatic nitrogens is 3. The Kier molecular flexibility index (Phi) is 4.40. The Hall–Kier alpha value is -2.27. The first-order valence-corrected chi connectivity index (χ1v) is 10.2. The molecule has 3 aromatic heterocycles. The van der Waals surface area contributed by atoms with E-state index in [-0.39, 0.29) is 5.92 Å². The monoisotopic (exact) mass is 362 g/mol. The minimum atomic E-state index is 0.233. The SMILES string of the molecule is O=C(CNCC1CC1)C1CCC(c2cc[nH]c3cnc4nccc4c23)CC1. The van der Waals surface area contributed by atoms with E-state index in [0.29, 0.717) is 18.2 Å². The summed E-state index contributed by atoms with van der Waals surface area (Å²) in [6.45, 7) is 1.58. The lowest BCUT2D eigenvalue weighted by atomic mass is 9.76. The van der Waals surface area contributed by atoms with Gasteiger partial charge < -0.3 is 10.3 Å². The lowest BCUT2D eigenvalue weighted by molar-refractivity contribution is -0.123. The third kappa shape index (κ3) is 3.36. The molecule has 3 heterocycles. The normalized spacial score (nSPS) is 23.1. The topological polar surface area (TPSA) is 70.7 Å². The van der Waals surface area contributed by atoms with Gasteiger partial charge in [-0.15, -0.1) is 0 Å². The average Bonchev–Trinajstić information content (AvgIpc) is 3.40. The first-order chi connectivity index (χ1) is 13.3. The minimum absolute atomic E-state index is 0.233. The zero-order valence-electron chi connectivity index (χ0n) is 15.6. The predicted molar refractivity (Wildman–Crippen MR) is 107 cm³/mol. The summed E-state index contributed by atoms with van der Waals surface area (Å²) in [4.78, 5) is 24.6. The zero-order chi connectivity index (χ0) is 18.2. The molecule has 0 saturated heterocycles. The van der Waals surface area contributed by atoms with Crippen molar-refractivity contribution in [1.29, 1.82) is 0 Å². The highest BCUT2D eigenvalue weighted by molar-refractivity contribution is 6.05. The van der Waals surface area contributed by atoms with E-state index in [9.17, 15) is 4.79 Å². The summed E-state index contributed by atoms with van der Waals surface area (Å²) in [5.41, 5.74) is 3.26. The van der Waals surface area contributed by atoms with Gasteiger partial charge in [-0.25, -0.2) is 9.97 Å². The van der Waals surface area contributed by atoms with Crippen LogP contribution in [0.5, 0.6) is 0 Å². The molecule has 2 aliphatic rings. The summed E-state index contributed by atoms with van der Waals surface area (Å²) in [6, 6.07) is 4.27. The molecule has 27 heavy (non-hydrogen) atoms. The number of nitrogens with zero attached hydrogens (tertiary/aromatic N) is 2. The minimum Gasteiger partial charge on any atom is -0.360 e. The summed E-state index contributed by atoms with van der Waals surface area (Å²) in [7, 11) is 0. The van der Waals surface area contributed by atoms with Crippen molar-refractivity contribution in [3.63, 3.8) is 0 Å². The van der Waals surface area contributed by atoms with Gasteiger partial charge in [0.2, 0.25) is 0 Å². The van der Waals surface area contributed by atoms with Gasteiger partial charge in [-0.2, -0.15) is 0 Å². The molecular formula is C22H26N4O. The molecule has 5 rings (SSSR count). The van der Waals surface area contributed by atoms with Crippen molar-refractivity contribution >= 4 is 27.7 Å². The van der Waals surface area contributed by atoms with Crippen LogP contribution in [0.1, 0.15) is 50.0 Å². The van der Waals surface area contributed by atoms with Crippen LogP contribution in [0.2, 0.25) is 0 Å². The quantitative estimate of drug-likeness (QED) is 0.696. The van der Waals surface area contributed by atoms with Crippen molar-refractivity contribution in [3.05, 3.63) is 36.3 Å². The van der Waals surface area contributed by atoms with Gasteiger partial charge in [0.25, 0.3) is 0 Å². The molecule has 2 fully saturated rings. The second kappa shape index (κ2) is 7.04. The molecule has 2 N–H and O–H groups in total. The summed E-state index contributed by atoms with van der Waals surface area (Å²) >= 11 is 0. The van der Waals surface area contributed by atoms with Crippen molar-refractivity contribution in [1.82, 2.24) is 20.3 Å². The highest BCUT2D eigenvalue weighted by Crippen LogP contribution is 2.40. The van der Waals surface area contributed by atoms with Crippen LogP contribution in [0, 0.1) is 11.8 Å². The molecule has 5 nitrogen and oxygen atoms in total. The smallest absolute Gasteiger partial charge is 0.159 e. The number of ketones is 1. The number of rotatable bonds is 6. The Morgan fingerprint density at radius 3 is 2.78 bits per heavy atom. The Balaban J connectivity index is 1.30. The Morgan fingerprint density at radius 2 is 1.96 bits per heavy atom. The maximum absolute atomic E-state index is 12.5. The first-order valence-electron chi connectivity index (χ1n) is 10.2. The molecule has 0 unspecified atom stereocenters. The fourth-order valence-corrected chi connectivity index (χ4v) is 4.62. The van der Waals surface area contributed by atoms with E-state index in [1.807, 2.05) is 18.6 Å². The van der Waals surface area contributed by atoms with Crippen molar-refractivity contribution in [2.24, 2.45) is 11.8 Å².